The SMILES string of the molecule is C=C[C@H](N)c1cc(C(C)C)ccc1O. The molecular weight excluding hydrogens is 174 g/mol. The number of hydrogen-bond acceptors (Lipinski definition) is 2. The molecule has 0 aromatic heterocycles. The molecule has 0 aliphatic rings. The third-order valence-corrected chi connectivity index (χ3v) is 2.33. The highest BCUT2D eigenvalue weighted by molar-refractivity contribution is 5.40. The Morgan fingerprint density at radius 2 is 2.07 bits per heavy atom. The van der Waals surface area contributed by atoms with Gasteiger partial charge < -0.3 is 10.8 Å². The molecule has 3 N–H and O–H groups in total. The van der Waals surface area contributed by atoms with Gasteiger partial charge in [0.25, 0.3) is 0 Å². The van der Waals surface area contributed by atoms with E-state index >= 15 is 0 Å². The Labute approximate surface area is 85.1 Å². The molecule has 76 valence electrons. The van der Waals surface area contributed by atoms with Gasteiger partial charge in [0.15, 0.2) is 0 Å². The predicted molar refractivity (Wildman–Crippen MR) is 59.3 cm³/mol. The molecule has 1 rings (SSSR count). The lowest BCUT2D eigenvalue weighted by Gasteiger charge is -2.13. The van der Waals surface area contributed by atoms with Crippen LogP contribution in [-0.4, -0.2) is 5.11 Å². The smallest absolute Gasteiger partial charge is 0.120 e. The van der Waals surface area contributed by atoms with Gasteiger partial charge in [0.05, 0.1) is 6.04 Å². The average Bonchev–Trinajstić information content (AvgIpc) is 2.17. The van der Waals surface area contributed by atoms with E-state index < -0.39 is 0 Å². The lowest BCUT2D eigenvalue weighted by Crippen LogP contribution is -2.07. The standard InChI is InChI=1S/C12H17NO/c1-4-11(13)10-7-9(8(2)3)5-6-12(10)14/h4-8,11,14H,1,13H2,2-3H3/t11-/m0/s1. The molecule has 1 aromatic carbocycles. The number of aromatic hydroxyl groups is 1. The van der Waals surface area contributed by atoms with Gasteiger partial charge in [0, 0.05) is 5.56 Å². The molecule has 0 fully saturated rings. The third kappa shape index (κ3) is 2.15. The summed E-state index contributed by atoms with van der Waals surface area (Å²) in [5.74, 6) is 0.674. The van der Waals surface area contributed by atoms with Crippen LogP contribution >= 0.6 is 0 Å². The van der Waals surface area contributed by atoms with Crippen molar-refractivity contribution in [2.24, 2.45) is 5.73 Å². The van der Waals surface area contributed by atoms with E-state index in [2.05, 4.69) is 20.4 Å². The second-order valence-electron chi connectivity index (χ2n) is 3.73. The fourth-order valence-electron chi connectivity index (χ4n) is 1.33. The number of rotatable bonds is 3. The van der Waals surface area contributed by atoms with E-state index in [1.807, 2.05) is 12.1 Å². The molecule has 2 heteroatoms. The molecule has 0 saturated heterocycles. The topological polar surface area (TPSA) is 46.2 Å². The molecule has 0 saturated carbocycles. The molecule has 0 aliphatic carbocycles. The number of hydrogen-bond donors (Lipinski definition) is 2. The number of benzene rings is 1. The number of phenolic OH excluding ortho intramolecular Hbond substituents is 1. The Morgan fingerprint density at radius 1 is 1.43 bits per heavy atom. The van der Waals surface area contributed by atoms with Crippen molar-refractivity contribution in [3.63, 3.8) is 0 Å². The fourth-order valence-corrected chi connectivity index (χ4v) is 1.33. The fraction of sp³-hybridized carbons (Fsp3) is 0.333. The molecule has 2 nitrogen and oxygen atoms in total. The Kier molecular flexibility index (Phi) is 3.31. The lowest BCUT2D eigenvalue weighted by atomic mass is 9.97. The summed E-state index contributed by atoms with van der Waals surface area (Å²) in [5.41, 5.74) is 7.70. The summed E-state index contributed by atoms with van der Waals surface area (Å²) in [6.45, 7) is 7.83. The molecule has 0 heterocycles. The summed E-state index contributed by atoms with van der Waals surface area (Å²) in [6.07, 6.45) is 1.62. The van der Waals surface area contributed by atoms with Crippen molar-refractivity contribution in [1.82, 2.24) is 0 Å². The molecule has 0 spiro atoms. The van der Waals surface area contributed by atoms with Gasteiger partial charge in [-0.15, -0.1) is 6.58 Å². The van der Waals surface area contributed by atoms with E-state index in [-0.39, 0.29) is 11.8 Å². The zero-order valence-electron chi connectivity index (χ0n) is 8.70. The first-order chi connectivity index (χ1) is 6.56. The molecule has 0 bridgehead atoms. The van der Waals surface area contributed by atoms with Gasteiger partial charge in [-0.2, -0.15) is 0 Å². The van der Waals surface area contributed by atoms with Crippen LogP contribution in [0, 0.1) is 0 Å². The Balaban J connectivity index is 3.14. The van der Waals surface area contributed by atoms with E-state index in [0.717, 1.165) is 5.56 Å². The minimum absolute atomic E-state index is 0.238. The molecule has 0 aliphatic heterocycles. The molecular formula is C12H17NO. The van der Waals surface area contributed by atoms with Crippen LogP contribution < -0.4 is 5.73 Å². The van der Waals surface area contributed by atoms with Crippen molar-refractivity contribution in [2.75, 3.05) is 0 Å². The highest BCUT2D eigenvalue weighted by Crippen LogP contribution is 2.27. The summed E-state index contributed by atoms with van der Waals surface area (Å²) in [4.78, 5) is 0. The van der Waals surface area contributed by atoms with Crippen LogP contribution in [0.2, 0.25) is 0 Å². The van der Waals surface area contributed by atoms with Crippen LogP contribution in [0.3, 0.4) is 0 Å². The summed E-state index contributed by atoms with van der Waals surface area (Å²) in [6, 6.07) is 5.24. The largest absolute Gasteiger partial charge is 0.508 e. The van der Waals surface area contributed by atoms with Gasteiger partial charge in [-0.25, -0.2) is 0 Å². The van der Waals surface area contributed by atoms with Crippen LogP contribution in [0.1, 0.15) is 36.9 Å². The minimum atomic E-state index is -0.298. The predicted octanol–water partition coefficient (Wildman–Crippen LogP) is 2.70. The van der Waals surface area contributed by atoms with Gasteiger partial charge in [0.2, 0.25) is 0 Å². The second kappa shape index (κ2) is 4.29. The molecule has 0 amide bonds. The second-order valence-corrected chi connectivity index (χ2v) is 3.73. The first-order valence-electron chi connectivity index (χ1n) is 4.77. The molecule has 1 atom stereocenters. The highest BCUT2D eigenvalue weighted by Gasteiger charge is 2.09. The zero-order chi connectivity index (χ0) is 10.7. The Morgan fingerprint density at radius 3 is 2.57 bits per heavy atom. The first kappa shape index (κ1) is 10.8. The van der Waals surface area contributed by atoms with Crippen molar-refractivity contribution < 1.29 is 5.11 Å². The average molecular weight is 191 g/mol. The van der Waals surface area contributed by atoms with E-state index in [1.54, 1.807) is 12.1 Å². The normalized spacial score (nSPS) is 12.9. The van der Waals surface area contributed by atoms with Crippen molar-refractivity contribution in [3.05, 3.63) is 42.0 Å². The van der Waals surface area contributed by atoms with E-state index in [9.17, 15) is 5.11 Å². The van der Waals surface area contributed by atoms with Gasteiger partial charge in [-0.1, -0.05) is 26.0 Å². The maximum absolute atomic E-state index is 9.59. The van der Waals surface area contributed by atoms with Crippen molar-refractivity contribution >= 4 is 0 Å². The maximum Gasteiger partial charge on any atom is 0.120 e. The summed E-state index contributed by atoms with van der Waals surface area (Å²) in [7, 11) is 0. The number of phenols is 1. The first-order valence-corrected chi connectivity index (χ1v) is 4.77. The molecule has 14 heavy (non-hydrogen) atoms. The van der Waals surface area contributed by atoms with E-state index in [4.69, 9.17) is 5.73 Å². The number of nitrogens with two attached hydrogens (primary N) is 1. The van der Waals surface area contributed by atoms with Crippen LogP contribution in [-0.2, 0) is 0 Å². The van der Waals surface area contributed by atoms with Crippen molar-refractivity contribution in [2.45, 2.75) is 25.8 Å². The van der Waals surface area contributed by atoms with Crippen LogP contribution in [0.4, 0.5) is 0 Å². The van der Waals surface area contributed by atoms with E-state index in [0.29, 0.717) is 5.92 Å². The van der Waals surface area contributed by atoms with Gasteiger partial charge >= 0.3 is 0 Å². The van der Waals surface area contributed by atoms with Crippen LogP contribution in [0.15, 0.2) is 30.9 Å². The van der Waals surface area contributed by atoms with Gasteiger partial charge in [-0.3, -0.25) is 0 Å². The maximum atomic E-state index is 9.59. The summed E-state index contributed by atoms with van der Waals surface area (Å²) >= 11 is 0. The minimum Gasteiger partial charge on any atom is -0.508 e. The molecule has 0 unspecified atom stereocenters. The molecule has 1 aromatic rings. The quantitative estimate of drug-likeness (QED) is 0.721. The van der Waals surface area contributed by atoms with Gasteiger partial charge in [0.1, 0.15) is 5.75 Å². The Bertz CT molecular complexity index is 331. The molecule has 0 radical (unpaired) electrons. The van der Waals surface area contributed by atoms with Crippen molar-refractivity contribution in [1.29, 1.82) is 0 Å². The van der Waals surface area contributed by atoms with Gasteiger partial charge in [-0.05, 0) is 23.6 Å². The van der Waals surface area contributed by atoms with E-state index in [1.165, 1.54) is 5.56 Å². The van der Waals surface area contributed by atoms with Crippen LogP contribution in [0.5, 0.6) is 5.75 Å². The summed E-state index contributed by atoms with van der Waals surface area (Å²) in [5, 5.41) is 9.59. The third-order valence-electron chi connectivity index (χ3n) is 2.33. The zero-order valence-corrected chi connectivity index (χ0v) is 8.70. The summed E-state index contributed by atoms with van der Waals surface area (Å²) < 4.78 is 0. The monoisotopic (exact) mass is 191 g/mol. The lowest BCUT2D eigenvalue weighted by molar-refractivity contribution is 0.465. The van der Waals surface area contributed by atoms with Crippen LogP contribution in [0.25, 0.3) is 0 Å². The Hall–Kier alpha value is -1.28. The van der Waals surface area contributed by atoms with Crippen molar-refractivity contribution in [3.8, 4) is 5.75 Å². The highest BCUT2D eigenvalue weighted by atomic mass is 16.3.